The van der Waals surface area contributed by atoms with Gasteiger partial charge in [0.05, 0.1) is 0 Å². The minimum atomic E-state index is -0.178. The van der Waals surface area contributed by atoms with E-state index < -0.39 is 0 Å². The average molecular weight is 274 g/mol. The highest BCUT2D eigenvalue weighted by Gasteiger charge is 2.29. The second kappa shape index (κ2) is 6.27. The maximum Gasteiger partial charge on any atom is 0.410 e. The van der Waals surface area contributed by atoms with Crippen molar-refractivity contribution in [2.45, 2.75) is 31.9 Å². The number of hydrogen-bond donors (Lipinski definition) is 1. The van der Waals surface area contributed by atoms with E-state index in [4.69, 9.17) is 4.74 Å². The topological polar surface area (TPSA) is 41.6 Å². The number of benzene rings is 1. The first kappa shape index (κ1) is 13.4. The van der Waals surface area contributed by atoms with E-state index in [1.807, 2.05) is 35.2 Å². The van der Waals surface area contributed by atoms with Gasteiger partial charge >= 0.3 is 6.09 Å². The molecule has 1 aromatic rings. The molecule has 1 heterocycles. The van der Waals surface area contributed by atoms with Crippen molar-refractivity contribution in [3.8, 4) is 0 Å². The fourth-order valence-electron chi connectivity index (χ4n) is 2.60. The van der Waals surface area contributed by atoms with Crippen LogP contribution in [0, 0.1) is 5.92 Å². The van der Waals surface area contributed by atoms with Crippen LogP contribution in [0.3, 0.4) is 0 Å². The van der Waals surface area contributed by atoms with E-state index in [1.54, 1.807) is 0 Å². The zero-order valence-corrected chi connectivity index (χ0v) is 11.8. The van der Waals surface area contributed by atoms with Crippen molar-refractivity contribution in [1.29, 1.82) is 0 Å². The van der Waals surface area contributed by atoms with Crippen molar-refractivity contribution in [1.82, 2.24) is 10.2 Å². The van der Waals surface area contributed by atoms with Crippen LogP contribution in [0.4, 0.5) is 4.79 Å². The Balaban J connectivity index is 1.39. The van der Waals surface area contributed by atoms with Gasteiger partial charge in [0, 0.05) is 19.1 Å². The predicted molar refractivity (Wildman–Crippen MR) is 77.3 cm³/mol. The molecule has 3 rings (SSSR count). The zero-order valence-electron chi connectivity index (χ0n) is 11.8. The minimum absolute atomic E-state index is 0.178. The molecule has 0 radical (unpaired) electrons. The van der Waals surface area contributed by atoms with Crippen LogP contribution in [0.5, 0.6) is 0 Å². The molecule has 1 aromatic carbocycles. The first-order valence-corrected chi connectivity index (χ1v) is 7.50. The monoisotopic (exact) mass is 274 g/mol. The summed E-state index contributed by atoms with van der Waals surface area (Å²) < 4.78 is 5.36. The third-order valence-corrected chi connectivity index (χ3v) is 4.02. The molecular formula is C16H22N2O2. The quantitative estimate of drug-likeness (QED) is 0.896. The van der Waals surface area contributed by atoms with Gasteiger partial charge in [0.15, 0.2) is 0 Å². The van der Waals surface area contributed by atoms with Crippen LogP contribution >= 0.6 is 0 Å². The molecule has 1 aliphatic carbocycles. The van der Waals surface area contributed by atoms with Gasteiger partial charge in [-0.3, -0.25) is 0 Å². The molecule has 0 spiro atoms. The molecule has 0 aromatic heterocycles. The molecule has 2 fully saturated rings. The summed E-state index contributed by atoms with van der Waals surface area (Å²) in [5, 5.41) is 3.54. The molecule has 2 aliphatic rings. The summed E-state index contributed by atoms with van der Waals surface area (Å²) in [5.41, 5.74) is 1.03. The molecule has 1 aliphatic heterocycles. The van der Waals surface area contributed by atoms with Gasteiger partial charge in [-0.05, 0) is 37.3 Å². The van der Waals surface area contributed by atoms with Crippen molar-refractivity contribution in [3.05, 3.63) is 35.9 Å². The molecule has 1 amide bonds. The van der Waals surface area contributed by atoms with Gasteiger partial charge in [0.2, 0.25) is 0 Å². The summed E-state index contributed by atoms with van der Waals surface area (Å²) in [4.78, 5) is 13.8. The second-order valence-corrected chi connectivity index (χ2v) is 5.82. The van der Waals surface area contributed by atoms with Crippen LogP contribution in [0.15, 0.2) is 30.3 Å². The van der Waals surface area contributed by atoms with Crippen LogP contribution in [-0.4, -0.2) is 36.7 Å². The van der Waals surface area contributed by atoms with E-state index in [2.05, 4.69) is 5.32 Å². The van der Waals surface area contributed by atoms with Crippen molar-refractivity contribution in [3.63, 3.8) is 0 Å². The van der Waals surface area contributed by atoms with Gasteiger partial charge in [0.1, 0.15) is 6.61 Å². The highest BCUT2D eigenvalue weighted by molar-refractivity contribution is 5.68. The van der Waals surface area contributed by atoms with E-state index in [1.165, 1.54) is 12.8 Å². The summed E-state index contributed by atoms with van der Waals surface area (Å²) in [6, 6.07) is 10.6. The van der Waals surface area contributed by atoms with Crippen molar-refractivity contribution < 1.29 is 9.53 Å². The first-order valence-electron chi connectivity index (χ1n) is 7.50. The Morgan fingerprint density at radius 2 is 2.05 bits per heavy atom. The zero-order chi connectivity index (χ0) is 13.8. The van der Waals surface area contributed by atoms with E-state index in [-0.39, 0.29) is 6.09 Å². The number of likely N-dealkylation sites (tertiary alicyclic amines) is 1. The lowest BCUT2D eigenvalue weighted by molar-refractivity contribution is 0.103. The Bertz CT molecular complexity index is 445. The lowest BCUT2D eigenvalue weighted by Crippen LogP contribution is -2.31. The largest absolute Gasteiger partial charge is 0.445 e. The number of nitrogens with zero attached hydrogens (tertiary/aromatic N) is 1. The lowest BCUT2D eigenvalue weighted by atomic mass is 10.1. The van der Waals surface area contributed by atoms with E-state index in [0.717, 1.165) is 37.7 Å². The standard InChI is InChI=1S/C16H22N2O2/c19-16(20-12-13-4-2-1-3-5-13)18-9-8-14(11-18)10-17-15-6-7-15/h1-5,14-15,17H,6-12H2/t14-/m1/s1. The van der Waals surface area contributed by atoms with Gasteiger partial charge in [-0.2, -0.15) is 0 Å². The number of amides is 1. The summed E-state index contributed by atoms with van der Waals surface area (Å²) in [5.74, 6) is 0.583. The molecule has 1 saturated heterocycles. The number of rotatable bonds is 5. The molecule has 0 unspecified atom stereocenters. The van der Waals surface area contributed by atoms with Crippen molar-refractivity contribution in [2.24, 2.45) is 5.92 Å². The van der Waals surface area contributed by atoms with E-state index in [0.29, 0.717) is 12.5 Å². The average Bonchev–Trinajstić information content (AvgIpc) is 3.20. The first-order chi connectivity index (χ1) is 9.81. The maximum atomic E-state index is 12.0. The Morgan fingerprint density at radius 1 is 1.25 bits per heavy atom. The molecule has 108 valence electrons. The number of hydrogen-bond acceptors (Lipinski definition) is 3. The van der Waals surface area contributed by atoms with Crippen LogP contribution in [0.1, 0.15) is 24.8 Å². The van der Waals surface area contributed by atoms with Gasteiger partial charge < -0.3 is 15.0 Å². The van der Waals surface area contributed by atoms with Crippen LogP contribution < -0.4 is 5.32 Å². The Labute approximate surface area is 120 Å². The summed E-state index contributed by atoms with van der Waals surface area (Å²) >= 11 is 0. The molecule has 0 bridgehead atoms. The summed E-state index contributed by atoms with van der Waals surface area (Å²) in [6.07, 6.45) is 3.54. The van der Waals surface area contributed by atoms with E-state index >= 15 is 0 Å². The highest BCUT2D eigenvalue weighted by Crippen LogP contribution is 2.21. The van der Waals surface area contributed by atoms with Gasteiger partial charge in [0.25, 0.3) is 0 Å². The Hall–Kier alpha value is -1.55. The van der Waals surface area contributed by atoms with Gasteiger partial charge in [-0.15, -0.1) is 0 Å². The fourth-order valence-corrected chi connectivity index (χ4v) is 2.60. The number of nitrogens with one attached hydrogen (secondary N) is 1. The summed E-state index contributed by atoms with van der Waals surface area (Å²) in [7, 11) is 0. The predicted octanol–water partition coefficient (Wildman–Crippen LogP) is 2.40. The third kappa shape index (κ3) is 3.73. The Morgan fingerprint density at radius 3 is 2.80 bits per heavy atom. The van der Waals surface area contributed by atoms with Crippen LogP contribution in [0.25, 0.3) is 0 Å². The number of carbonyl (C=O) groups excluding carboxylic acids is 1. The molecule has 4 nitrogen and oxygen atoms in total. The number of carbonyl (C=O) groups is 1. The Kier molecular flexibility index (Phi) is 4.21. The normalized spacial score (nSPS) is 22.0. The molecular weight excluding hydrogens is 252 g/mol. The SMILES string of the molecule is O=C(OCc1ccccc1)N1CC[C@H](CNC2CC2)C1. The lowest BCUT2D eigenvalue weighted by Gasteiger charge is -2.16. The number of ether oxygens (including phenoxy) is 1. The molecule has 4 heteroatoms. The maximum absolute atomic E-state index is 12.0. The van der Waals surface area contributed by atoms with Crippen molar-refractivity contribution in [2.75, 3.05) is 19.6 Å². The molecule has 1 N–H and O–H groups in total. The van der Waals surface area contributed by atoms with Crippen LogP contribution in [0.2, 0.25) is 0 Å². The van der Waals surface area contributed by atoms with Gasteiger partial charge in [-0.1, -0.05) is 30.3 Å². The third-order valence-electron chi connectivity index (χ3n) is 4.02. The van der Waals surface area contributed by atoms with Crippen LogP contribution in [-0.2, 0) is 11.3 Å². The molecule has 1 atom stereocenters. The van der Waals surface area contributed by atoms with E-state index in [9.17, 15) is 4.79 Å². The molecule has 20 heavy (non-hydrogen) atoms. The fraction of sp³-hybridized carbons (Fsp3) is 0.562. The minimum Gasteiger partial charge on any atom is -0.445 e. The second-order valence-electron chi connectivity index (χ2n) is 5.82. The molecule has 1 saturated carbocycles. The van der Waals surface area contributed by atoms with Gasteiger partial charge in [-0.25, -0.2) is 4.79 Å². The highest BCUT2D eigenvalue weighted by atomic mass is 16.6. The smallest absolute Gasteiger partial charge is 0.410 e. The summed E-state index contributed by atoms with van der Waals surface area (Å²) in [6.45, 7) is 3.05. The van der Waals surface area contributed by atoms with Crippen molar-refractivity contribution >= 4 is 6.09 Å².